The molecule has 0 saturated carbocycles. The monoisotopic (exact) mass is 343 g/mol. The number of carbonyl (C=O) groups is 1. The number of carboxylic acids is 1. The quantitative estimate of drug-likeness (QED) is 0.461. The smallest absolute Gasteiger partial charge is 0.329 e. The van der Waals surface area contributed by atoms with E-state index in [0.29, 0.717) is 23.8 Å². The second-order valence-corrected chi connectivity index (χ2v) is 7.07. The number of hydrogen-bond acceptors (Lipinski definition) is 6. The second kappa shape index (κ2) is 8.25. The predicted octanol–water partition coefficient (Wildman–Crippen LogP) is 1.79. The van der Waals surface area contributed by atoms with Crippen molar-refractivity contribution in [3.8, 4) is 0 Å². The van der Waals surface area contributed by atoms with Crippen LogP contribution >= 0.6 is 21.6 Å². The topological polar surface area (TPSA) is 100 Å². The lowest BCUT2D eigenvalue weighted by Crippen LogP contribution is -2.35. The molecule has 7 nitrogen and oxygen atoms in total. The van der Waals surface area contributed by atoms with E-state index in [0.717, 1.165) is 22.6 Å². The molecular weight excluding hydrogens is 326 g/mol. The molecule has 2 N–H and O–H groups in total. The predicted molar refractivity (Wildman–Crippen MR) is 84.9 cm³/mol. The lowest BCUT2D eigenvalue weighted by Gasteiger charge is -2.24. The van der Waals surface area contributed by atoms with Gasteiger partial charge in [-0.05, 0) is 18.9 Å². The molecule has 0 unspecified atom stereocenters. The van der Waals surface area contributed by atoms with Crippen molar-refractivity contribution in [3.63, 3.8) is 0 Å². The van der Waals surface area contributed by atoms with Gasteiger partial charge in [-0.25, -0.2) is 9.86 Å². The van der Waals surface area contributed by atoms with Gasteiger partial charge in [0.05, 0.1) is 0 Å². The molecule has 0 aromatic carbocycles. The maximum Gasteiger partial charge on any atom is 0.329 e. The summed E-state index contributed by atoms with van der Waals surface area (Å²) < 4.78 is 0.732. The van der Waals surface area contributed by atoms with E-state index < -0.39 is 12.0 Å². The molecule has 1 aromatic heterocycles. The molecule has 0 aliphatic carbocycles. The van der Waals surface area contributed by atoms with Crippen LogP contribution in [0.1, 0.15) is 19.3 Å². The Morgan fingerprint density at radius 1 is 1.50 bits per heavy atom. The molecule has 1 fully saturated rings. The molecule has 0 radical (unpaired) electrons. The first-order valence-corrected chi connectivity index (χ1v) is 9.13. The Kier molecular flexibility index (Phi) is 6.34. The summed E-state index contributed by atoms with van der Waals surface area (Å²) >= 11 is 0. The zero-order valence-electron chi connectivity index (χ0n) is 11.8. The van der Waals surface area contributed by atoms with Gasteiger partial charge in [-0.3, -0.25) is 10.2 Å². The third-order valence-electron chi connectivity index (χ3n) is 3.07. The fourth-order valence-electron chi connectivity index (χ4n) is 1.91. The van der Waals surface area contributed by atoms with Gasteiger partial charge in [0.25, 0.3) is 5.03 Å². The van der Waals surface area contributed by atoms with Crippen LogP contribution in [0.25, 0.3) is 0 Å². The van der Waals surface area contributed by atoms with Crippen LogP contribution in [0, 0.1) is 5.21 Å². The number of aliphatic imine (C=N–C) groups is 1. The lowest BCUT2D eigenvalue weighted by molar-refractivity contribution is -0.645. The highest BCUT2D eigenvalue weighted by atomic mass is 33.1. The van der Waals surface area contributed by atoms with E-state index in [1.807, 2.05) is 0 Å². The average molecular weight is 343 g/mol. The maximum absolute atomic E-state index is 11.5. The van der Waals surface area contributed by atoms with Crippen LogP contribution in [0.3, 0.4) is 0 Å². The van der Waals surface area contributed by atoms with E-state index in [2.05, 4.69) is 4.99 Å². The Balaban J connectivity index is 1.93. The van der Waals surface area contributed by atoms with Crippen LogP contribution < -0.4 is 4.73 Å². The Bertz CT molecular complexity index is 556. The van der Waals surface area contributed by atoms with E-state index in [1.54, 1.807) is 18.2 Å². The van der Waals surface area contributed by atoms with Crippen LogP contribution in [0.5, 0.6) is 0 Å². The van der Waals surface area contributed by atoms with Crippen molar-refractivity contribution < 1.29 is 19.8 Å². The van der Waals surface area contributed by atoms with Gasteiger partial charge in [-0.15, -0.1) is 0 Å². The van der Waals surface area contributed by atoms with E-state index in [4.69, 9.17) is 0 Å². The number of rotatable bonds is 6. The number of piperidine rings is 1. The fourth-order valence-corrected chi connectivity index (χ4v) is 4.06. The first-order chi connectivity index (χ1) is 10.6. The summed E-state index contributed by atoms with van der Waals surface area (Å²) in [6.07, 6.45) is 3.74. The molecule has 0 spiro atoms. The lowest BCUT2D eigenvalue weighted by atomic mass is 10.1. The van der Waals surface area contributed by atoms with Crippen LogP contribution in [0.4, 0.5) is 0 Å². The molecule has 2 rings (SSSR count). The second-order valence-electron chi connectivity index (χ2n) is 4.71. The molecule has 1 saturated heterocycles. The van der Waals surface area contributed by atoms with Crippen LogP contribution in [-0.2, 0) is 4.79 Å². The molecule has 1 atom stereocenters. The molecule has 0 bridgehead atoms. The van der Waals surface area contributed by atoms with E-state index >= 15 is 0 Å². The molecule has 1 aliphatic heterocycles. The van der Waals surface area contributed by atoms with Gasteiger partial charge in [-0.2, -0.15) is 4.73 Å². The van der Waals surface area contributed by atoms with Gasteiger partial charge in [-0.1, -0.05) is 10.8 Å². The average Bonchev–Trinajstić information content (AvgIpc) is 2.50. The molecule has 9 heteroatoms. The Morgan fingerprint density at radius 2 is 2.32 bits per heavy atom. The molecule has 1 aliphatic rings. The Labute approximate surface area is 136 Å². The first kappa shape index (κ1) is 16.9. The summed E-state index contributed by atoms with van der Waals surface area (Å²) in [6, 6.07) is 4.11. The molecule has 22 heavy (non-hydrogen) atoms. The van der Waals surface area contributed by atoms with Crippen LogP contribution in [0.2, 0.25) is 0 Å². The molecule has 2 heterocycles. The minimum atomic E-state index is -1.04. The van der Waals surface area contributed by atoms with Crippen molar-refractivity contribution in [2.45, 2.75) is 30.3 Å². The van der Waals surface area contributed by atoms with E-state index in [-0.39, 0.29) is 5.75 Å². The van der Waals surface area contributed by atoms with E-state index in [9.17, 15) is 20.3 Å². The number of nitrogens with zero attached hydrogens (tertiary/aromatic N) is 3. The number of pyridine rings is 1. The SMILES string of the molecule is O=C(O)[C@H](CSSc1cccc[n+]1[O-])N=C1CCCCN1O. The van der Waals surface area contributed by atoms with Gasteiger partial charge < -0.3 is 10.3 Å². The zero-order chi connectivity index (χ0) is 15.9. The number of hydroxylamine groups is 2. The van der Waals surface area contributed by atoms with Crippen LogP contribution in [-0.4, -0.2) is 45.5 Å². The fraction of sp³-hybridized carbons (Fsp3) is 0.462. The summed E-state index contributed by atoms with van der Waals surface area (Å²) in [4.78, 5) is 15.4. The highest BCUT2D eigenvalue weighted by molar-refractivity contribution is 8.76. The van der Waals surface area contributed by atoms with Crippen molar-refractivity contribution in [2.75, 3.05) is 12.3 Å². The van der Waals surface area contributed by atoms with Crippen LogP contribution in [0.15, 0.2) is 34.4 Å². The van der Waals surface area contributed by atoms with Crippen molar-refractivity contribution in [1.82, 2.24) is 5.06 Å². The number of hydrogen-bond donors (Lipinski definition) is 2. The van der Waals surface area contributed by atoms with Crippen molar-refractivity contribution >= 4 is 33.4 Å². The standard InChI is InChI=1S/C13H17N3O4S2/c17-13(18)10(14-11-5-1-3-7-15(11)19)9-21-22-12-6-2-4-8-16(12)20/h2,4,6,8,10,19H,1,3,5,7,9H2,(H,17,18)/t10-/m0/s1. The summed E-state index contributed by atoms with van der Waals surface area (Å²) in [5.41, 5.74) is 0. The molecule has 1 aromatic rings. The van der Waals surface area contributed by atoms with Crippen molar-refractivity contribution in [3.05, 3.63) is 29.6 Å². The van der Waals surface area contributed by atoms with Gasteiger partial charge >= 0.3 is 5.97 Å². The van der Waals surface area contributed by atoms with Gasteiger partial charge in [0.1, 0.15) is 5.84 Å². The molecule has 120 valence electrons. The number of aromatic nitrogens is 1. The zero-order valence-corrected chi connectivity index (χ0v) is 13.4. The maximum atomic E-state index is 11.5. The Morgan fingerprint density at radius 3 is 3.00 bits per heavy atom. The normalized spacial score (nSPS) is 18.4. The summed E-state index contributed by atoms with van der Waals surface area (Å²) in [5.74, 6) is -0.405. The first-order valence-electron chi connectivity index (χ1n) is 6.81. The van der Waals surface area contributed by atoms with Gasteiger partial charge in [0.2, 0.25) is 0 Å². The third kappa shape index (κ3) is 4.79. The van der Waals surface area contributed by atoms with Gasteiger partial charge in [0, 0.05) is 41.6 Å². The largest absolute Gasteiger partial charge is 0.618 e. The minimum absolute atomic E-state index is 0.215. The number of aliphatic carboxylic acids is 1. The summed E-state index contributed by atoms with van der Waals surface area (Å²) in [7, 11) is 2.47. The number of carboxylic acid groups (broad SMARTS) is 1. The molecule has 0 amide bonds. The third-order valence-corrected chi connectivity index (χ3v) is 5.40. The highest BCUT2D eigenvalue weighted by Gasteiger charge is 2.22. The minimum Gasteiger partial charge on any atom is -0.618 e. The highest BCUT2D eigenvalue weighted by Crippen LogP contribution is 2.29. The van der Waals surface area contributed by atoms with E-state index in [1.165, 1.54) is 27.8 Å². The van der Waals surface area contributed by atoms with Gasteiger partial charge in [0.15, 0.2) is 12.2 Å². The summed E-state index contributed by atoms with van der Waals surface area (Å²) in [6.45, 7) is 0.479. The Hall–Kier alpha value is -1.45. The summed E-state index contributed by atoms with van der Waals surface area (Å²) in [5, 5.41) is 31.9. The molecular formula is C13H17N3O4S2. The van der Waals surface area contributed by atoms with Crippen molar-refractivity contribution in [1.29, 1.82) is 0 Å². The number of amidine groups is 1. The van der Waals surface area contributed by atoms with Crippen molar-refractivity contribution in [2.24, 2.45) is 4.99 Å².